The summed E-state index contributed by atoms with van der Waals surface area (Å²) in [4.78, 5) is 23.5. The van der Waals surface area contributed by atoms with Crippen molar-refractivity contribution in [3.05, 3.63) is 34.9 Å². The van der Waals surface area contributed by atoms with Crippen molar-refractivity contribution >= 4 is 23.5 Å². The topological polar surface area (TPSA) is 92.4 Å². The molecule has 1 saturated carbocycles. The fraction of sp³-hybridized carbons (Fsp3) is 0.429. The first-order chi connectivity index (χ1) is 9.50. The van der Waals surface area contributed by atoms with E-state index in [0.29, 0.717) is 17.0 Å². The van der Waals surface area contributed by atoms with Crippen LogP contribution in [0.15, 0.2) is 24.3 Å². The fourth-order valence-electron chi connectivity index (χ4n) is 2.55. The number of halogens is 1. The number of benzene rings is 1. The summed E-state index contributed by atoms with van der Waals surface area (Å²) in [5.41, 5.74) is 6.24. The van der Waals surface area contributed by atoms with E-state index in [1.54, 1.807) is 24.3 Å². The molecule has 5 nitrogen and oxygen atoms in total. The van der Waals surface area contributed by atoms with Crippen molar-refractivity contribution in [3.63, 3.8) is 0 Å². The smallest absolute Gasteiger partial charge is 0.330 e. The molecule has 1 fully saturated rings. The molecule has 0 saturated heterocycles. The molecule has 20 heavy (non-hydrogen) atoms. The molecular formula is C14H17ClN2O3. The van der Waals surface area contributed by atoms with E-state index in [1.807, 2.05) is 0 Å². The average Bonchev–Trinajstić information content (AvgIpc) is 2.83. The lowest BCUT2D eigenvalue weighted by atomic mass is 10.0. The largest absolute Gasteiger partial charge is 0.479 e. The van der Waals surface area contributed by atoms with Gasteiger partial charge in [-0.1, -0.05) is 36.2 Å². The molecule has 1 aromatic rings. The van der Waals surface area contributed by atoms with Crippen LogP contribution in [0.2, 0.25) is 5.02 Å². The Kier molecular flexibility index (Phi) is 4.62. The van der Waals surface area contributed by atoms with Gasteiger partial charge in [-0.3, -0.25) is 4.79 Å². The number of nitrogens with one attached hydrogen (secondary N) is 1. The van der Waals surface area contributed by atoms with Gasteiger partial charge in [-0.15, -0.1) is 0 Å². The second-order valence-electron chi connectivity index (χ2n) is 5.00. The van der Waals surface area contributed by atoms with Gasteiger partial charge in [0.25, 0.3) is 0 Å². The predicted molar refractivity (Wildman–Crippen MR) is 75.3 cm³/mol. The molecule has 1 aliphatic carbocycles. The highest BCUT2D eigenvalue weighted by Crippen LogP contribution is 2.27. The molecule has 2 rings (SSSR count). The van der Waals surface area contributed by atoms with E-state index < -0.39 is 12.0 Å². The van der Waals surface area contributed by atoms with Crippen LogP contribution < -0.4 is 11.1 Å². The average molecular weight is 297 g/mol. The Bertz CT molecular complexity index is 521. The Morgan fingerprint density at radius 3 is 2.60 bits per heavy atom. The lowest BCUT2D eigenvalue weighted by Crippen LogP contribution is -2.42. The van der Waals surface area contributed by atoms with Gasteiger partial charge >= 0.3 is 5.97 Å². The Morgan fingerprint density at radius 2 is 2.05 bits per heavy atom. The van der Waals surface area contributed by atoms with E-state index in [9.17, 15) is 14.7 Å². The van der Waals surface area contributed by atoms with E-state index in [1.165, 1.54) is 0 Å². The summed E-state index contributed by atoms with van der Waals surface area (Å²) in [6, 6.07) is 5.24. The van der Waals surface area contributed by atoms with Gasteiger partial charge in [0.2, 0.25) is 5.91 Å². The molecular weight excluding hydrogens is 280 g/mol. The molecule has 0 heterocycles. The summed E-state index contributed by atoms with van der Waals surface area (Å²) in [7, 11) is 0. The third kappa shape index (κ3) is 3.11. The van der Waals surface area contributed by atoms with Crippen LogP contribution in [0.4, 0.5) is 0 Å². The number of rotatable bonds is 4. The van der Waals surface area contributed by atoms with Crippen molar-refractivity contribution in [1.29, 1.82) is 0 Å². The highest BCUT2D eigenvalue weighted by atomic mass is 35.5. The van der Waals surface area contributed by atoms with Crippen LogP contribution in [0, 0.1) is 5.92 Å². The predicted octanol–water partition coefficient (Wildman–Crippen LogP) is 1.71. The van der Waals surface area contributed by atoms with Gasteiger partial charge in [0.05, 0.1) is 5.92 Å². The van der Waals surface area contributed by atoms with Gasteiger partial charge < -0.3 is 16.2 Å². The number of carboxylic acid groups (broad SMARTS) is 1. The highest BCUT2D eigenvalue weighted by Gasteiger charge is 2.33. The van der Waals surface area contributed by atoms with E-state index in [4.69, 9.17) is 17.3 Å². The summed E-state index contributed by atoms with van der Waals surface area (Å²) >= 11 is 6.00. The van der Waals surface area contributed by atoms with Gasteiger partial charge in [-0.25, -0.2) is 4.79 Å². The monoisotopic (exact) mass is 296 g/mol. The Hall–Kier alpha value is -1.59. The molecule has 108 valence electrons. The maximum absolute atomic E-state index is 12.2. The van der Waals surface area contributed by atoms with Gasteiger partial charge in [0.15, 0.2) is 6.04 Å². The fourth-order valence-corrected chi connectivity index (χ4v) is 2.79. The van der Waals surface area contributed by atoms with Crippen LogP contribution in [0.3, 0.4) is 0 Å². The maximum atomic E-state index is 12.2. The first-order valence-electron chi connectivity index (χ1n) is 6.54. The molecule has 1 aromatic carbocycles. The molecule has 4 N–H and O–H groups in total. The van der Waals surface area contributed by atoms with Crippen molar-refractivity contribution in [2.45, 2.75) is 31.3 Å². The number of carboxylic acids is 1. The number of nitrogens with two attached hydrogens (primary N) is 1. The molecule has 3 atom stereocenters. The second kappa shape index (κ2) is 6.24. The standard InChI is InChI=1S/C14H17ClN2O3/c15-10-6-2-1-4-8(10)12(14(19)20)17-13(18)9-5-3-7-11(9)16/h1-2,4,6,9,11-12H,3,5,7,16H2,(H,17,18)(H,19,20)/t9?,11?,12-/m1/s1. The third-order valence-electron chi connectivity index (χ3n) is 3.66. The zero-order valence-electron chi connectivity index (χ0n) is 10.9. The summed E-state index contributed by atoms with van der Waals surface area (Å²) in [6.07, 6.45) is 2.38. The lowest BCUT2D eigenvalue weighted by Gasteiger charge is -2.20. The zero-order valence-corrected chi connectivity index (χ0v) is 11.6. The number of carbonyl (C=O) groups excluding carboxylic acids is 1. The van der Waals surface area contributed by atoms with Crippen LogP contribution in [-0.4, -0.2) is 23.0 Å². The van der Waals surface area contributed by atoms with Gasteiger partial charge in [0, 0.05) is 16.6 Å². The van der Waals surface area contributed by atoms with Crippen molar-refractivity contribution in [2.75, 3.05) is 0 Å². The van der Waals surface area contributed by atoms with Gasteiger partial charge in [0.1, 0.15) is 0 Å². The Morgan fingerprint density at radius 1 is 1.35 bits per heavy atom. The minimum Gasteiger partial charge on any atom is -0.479 e. The molecule has 6 heteroatoms. The molecule has 1 amide bonds. The molecule has 0 aromatic heterocycles. The molecule has 0 bridgehead atoms. The first-order valence-corrected chi connectivity index (χ1v) is 6.91. The van der Waals surface area contributed by atoms with Crippen LogP contribution in [-0.2, 0) is 9.59 Å². The summed E-state index contributed by atoms with van der Waals surface area (Å²) in [5, 5.41) is 12.2. The van der Waals surface area contributed by atoms with Crippen LogP contribution in [0.5, 0.6) is 0 Å². The maximum Gasteiger partial charge on any atom is 0.330 e. The van der Waals surface area contributed by atoms with Crippen molar-refractivity contribution < 1.29 is 14.7 Å². The van der Waals surface area contributed by atoms with Crippen molar-refractivity contribution in [1.82, 2.24) is 5.32 Å². The second-order valence-corrected chi connectivity index (χ2v) is 5.41. The Labute approximate surface area is 122 Å². The summed E-state index contributed by atoms with van der Waals surface area (Å²) in [5.74, 6) is -1.78. The van der Waals surface area contributed by atoms with Crippen molar-refractivity contribution in [2.24, 2.45) is 11.7 Å². The SMILES string of the molecule is NC1CCCC1C(=O)N[C@@H](C(=O)O)c1ccccc1Cl. The molecule has 0 radical (unpaired) electrons. The Balaban J connectivity index is 2.16. The lowest BCUT2D eigenvalue weighted by molar-refractivity contribution is -0.142. The molecule has 2 unspecified atom stereocenters. The minimum absolute atomic E-state index is 0.198. The molecule has 0 aliphatic heterocycles. The van der Waals surface area contributed by atoms with Crippen LogP contribution in [0.1, 0.15) is 30.9 Å². The van der Waals surface area contributed by atoms with Crippen LogP contribution >= 0.6 is 11.6 Å². The number of amides is 1. The normalized spacial score (nSPS) is 23.3. The summed E-state index contributed by atoms with van der Waals surface area (Å²) in [6.45, 7) is 0. The number of aliphatic carboxylic acids is 1. The van der Waals surface area contributed by atoms with E-state index in [-0.39, 0.29) is 17.9 Å². The number of hydrogen-bond acceptors (Lipinski definition) is 3. The molecule has 0 spiro atoms. The zero-order chi connectivity index (χ0) is 14.7. The molecule has 1 aliphatic rings. The van der Waals surface area contributed by atoms with E-state index in [0.717, 1.165) is 12.8 Å². The highest BCUT2D eigenvalue weighted by molar-refractivity contribution is 6.31. The minimum atomic E-state index is -1.15. The van der Waals surface area contributed by atoms with E-state index in [2.05, 4.69) is 5.32 Å². The third-order valence-corrected chi connectivity index (χ3v) is 4.00. The first kappa shape index (κ1) is 14.8. The van der Waals surface area contributed by atoms with E-state index >= 15 is 0 Å². The van der Waals surface area contributed by atoms with Gasteiger partial charge in [-0.05, 0) is 18.9 Å². The summed E-state index contributed by atoms with van der Waals surface area (Å²) < 4.78 is 0. The van der Waals surface area contributed by atoms with Crippen molar-refractivity contribution in [3.8, 4) is 0 Å². The number of carbonyl (C=O) groups is 2. The van der Waals surface area contributed by atoms with Crippen LogP contribution in [0.25, 0.3) is 0 Å². The number of hydrogen-bond donors (Lipinski definition) is 3. The van der Waals surface area contributed by atoms with Gasteiger partial charge in [-0.2, -0.15) is 0 Å². The quantitative estimate of drug-likeness (QED) is 0.788.